The van der Waals surface area contributed by atoms with Gasteiger partial charge in [0.25, 0.3) is 0 Å². The van der Waals surface area contributed by atoms with E-state index in [-0.39, 0.29) is 0 Å². The van der Waals surface area contributed by atoms with Gasteiger partial charge in [-0.1, -0.05) is 6.92 Å². The second kappa shape index (κ2) is 4.62. The fourth-order valence-corrected chi connectivity index (χ4v) is 0.293. The van der Waals surface area contributed by atoms with Crippen LogP contribution >= 0.6 is 0 Å². The molecule has 2 heteroatoms. The first-order chi connectivity index (χ1) is 3.81. The summed E-state index contributed by atoms with van der Waals surface area (Å²) in [7, 11) is 0. The largest absolute Gasteiger partial charge is 0.308 e. The van der Waals surface area contributed by atoms with Crippen molar-refractivity contribution in [3.05, 3.63) is 0 Å². The maximum Gasteiger partial charge on any atom is 0.0409 e. The zero-order chi connectivity index (χ0) is 6.41. The lowest BCUT2D eigenvalue weighted by atomic mass is 10.3. The standard InChI is InChI=1S/C6H14N2/c1-4-6(3)8-7-5-2/h5-6,8H,4H2,1-3H3/b7-5+. The highest BCUT2D eigenvalue weighted by Crippen LogP contribution is 1.84. The van der Waals surface area contributed by atoms with Crippen LogP contribution in [0.2, 0.25) is 0 Å². The molecule has 0 aromatic heterocycles. The third kappa shape index (κ3) is 3.65. The predicted molar refractivity (Wildman–Crippen MR) is 37.1 cm³/mol. The molecule has 0 rings (SSSR count). The first kappa shape index (κ1) is 7.47. The molecule has 0 saturated carbocycles. The second-order valence-corrected chi connectivity index (χ2v) is 1.83. The highest BCUT2D eigenvalue weighted by atomic mass is 15.3. The molecule has 0 aliphatic heterocycles. The molecule has 0 saturated heterocycles. The quantitative estimate of drug-likeness (QED) is 0.435. The molecular weight excluding hydrogens is 100 g/mol. The van der Waals surface area contributed by atoms with Gasteiger partial charge in [0.1, 0.15) is 0 Å². The first-order valence-electron chi connectivity index (χ1n) is 3.04. The molecule has 8 heavy (non-hydrogen) atoms. The van der Waals surface area contributed by atoms with Crippen molar-refractivity contribution in [1.29, 1.82) is 0 Å². The molecule has 0 aromatic carbocycles. The third-order valence-electron chi connectivity index (χ3n) is 1.04. The van der Waals surface area contributed by atoms with Crippen molar-refractivity contribution in [3.8, 4) is 0 Å². The molecule has 2 nitrogen and oxygen atoms in total. The van der Waals surface area contributed by atoms with E-state index >= 15 is 0 Å². The van der Waals surface area contributed by atoms with Gasteiger partial charge in [0.05, 0.1) is 0 Å². The maximum absolute atomic E-state index is 3.87. The Bertz CT molecular complexity index is 68.9. The molecule has 0 heterocycles. The van der Waals surface area contributed by atoms with Crippen molar-refractivity contribution in [3.63, 3.8) is 0 Å². The zero-order valence-corrected chi connectivity index (χ0v) is 5.81. The Hall–Kier alpha value is -0.530. The molecule has 1 N–H and O–H groups in total. The van der Waals surface area contributed by atoms with Gasteiger partial charge >= 0.3 is 0 Å². The van der Waals surface area contributed by atoms with E-state index in [0.717, 1.165) is 6.42 Å². The van der Waals surface area contributed by atoms with Crippen molar-refractivity contribution in [2.75, 3.05) is 0 Å². The van der Waals surface area contributed by atoms with Crippen LogP contribution in [0, 0.1) is 0 Å². The molecule has 0 aliphatic carbocycles. The minimum atomic E-state index is 0.506. The summed E-state index contributed by atoms with van der Waals surface area (Å²) in [6, 6.07) is 0.506. The highest BCUT2D eigenvalue weighted by molar-refractivity contribution is 5.52. The normalized spacial score (nSPS) is 14.4. The van der Waals surface area contributed by atoms with Crippen molar-refractivity contribution in [2.24, 2.45) is 5.10 Å². The lowest BCUT2D eigenvalue weighted by molar-refractivity contribution is 0.559. The summed E-state index contributed by atoms with van der Waals surface area (Å²) in [5.41, 5.74) is 2.95. The van der Waals surface area contributed by atoms with Crippen LogP contribution in [-0.4, -0.2) is 12.3 Å². The molecule has 1 atom stereocenters. The average Bonchev–Trinajstić information content (AvgIpc) is 1.83. The van der Waals surface area contributed by atoms with Crippen molar-refractivity contribution in [2.45, 2.75) is 33.2 Å². The predicted octanol–water partition coefficient (Wildman–Crippen LogP) is 1.38. The van der Waals surface area contributed by atoms with Crippen LogP contribution in [0.3, 0.4) is 0 Å². The number of rotatable bonds is 3. The summed E-state index contributed by atoms with van der Waals surface area (Å²) in [6.07, 6.45) is 2.88. The second-order valence-electron chi connectivity index (χ2n) is 1.83. The molecule has 0 aliphatic rings. The van der Waals surface area contributed by atoms with E-state index in [2.05, 4.69) is 24.4 Å². The Labute approximate surface area is 51.0 Å². The minimum Gasteiger partial charge on any atom is -0.308 e. The SMILES string of the molecule is C/C=N/NC(C)CC. The maximum atomic E-state index is 3.87. The number of hydrogen-bond donors (Lipinski definition) is 1. The lowest BCUT2D eigenvalue weighted by Gasteiger charge is -2.04. The Morgan fingerprint density at radius 1 is 1.75 bits per heavy atom. The topological polar surface area (TPSA) is 24.4 Å². The van der Waals surface area contributed by atoms with Crippen LogP contribution in [0.15, 0.2) is 5.10 Å². The number of nitrogens with zero attached hydrogens (tertiary/aromatic N) is 1. The average molecular weight is 114 g/mol. The number of hydrazone groups is 1. The fraction of sp³-hybridized carbons (Fsp3) is 0.833. The van der Waals surface area contributed by atoms with Crippen LogP contribution < -0.4 is 5.43 Å². The van der Waals surface area contributed by atoms with Crippen molar-refractivity contribution >= 4 is 6.21 Å². The van der Waals surface area contributed by atoms with E-state index in [0.29, 0.717) is 6.04 Å². The molecule has 0 spiro atoms. The van der Waals surface area contributed by atoms with Gasteiger partial charge in [-0.15, -0.1) is 0 Å². The first-order valence-corrected chi connectivity index (χ1v) is 3.04. The Balaban J connectivity index is 3.10. The summed E-state index contributed by atoms with van der Waals surface area (Å²) in [6.45, 7) is 6.13. The van der Waals surface area contributed by atoms with Gasteiger partial charge in [-0.05, 0) is 20.3 Å². The van der Waals surface area contributed by atoms with Gasteiger partial charge in [0.15, 0.2) is 0 Å². The molecule has 1 unspecified atom stereocenters. The number of nitrogens with one attached hydrogen (secondary N) is 1. The summed E-state index contributed by atoms with van der Waals surface area (Å²) in [5.74, 6) is 0. The molecular formula is C6H14N2. The van der Waals surface area contributed by atoms with Crippen LogP contribution in [0.4, 0.5) is 0 Å². The molecule has 0 radical (unpaired) electrons. The highest BCUT2D eigenvalue weighted by Gasteiger charge is 1.89. The van der Waals surface area contributed by atoms with E-state index < -0.39 is 0 Å². The zero-order valence-electron chi connectivity index (χ0n) is 5.81. The summed E-state index contributed by atoms with van der Waals surface area (Å²) >= 11 is 0. The van der Waals surface area contributed by atoms with E-state index in [4.69, 9.17) is 0 Å². The minimum absolute atomic E-state index is 0.506. The Kier molecular flexibility index (Phi) is 4.32. The molecule has 48 valence electrons. The number of hydrogen-bond acceptors (Lipinski definition) is 2. The van der Waals surface area contributed by atoms with Gasteiger partial charge in [-0.2, -0.15) is 5.10 Å². The summed E-state index contributed by atoms with van der Waals surface area (Å²) in [4.78, 5) is 0. The van der Waals surface area contributed by atoms with Crippen LogP contribution in [-0.2, 0) is 0 Å². The van der Waals surface area contributed by atoms with Crippen molar-refractivity contribution in [1.82, 2.24) is 5.43 Å². The smallest absolute Gasteiger partial charge is 0.0409 e. The molecule has 0 aromatic rings. The van der Waals surface area contributed by atoms with Gasteiger partial charge in [0.2, 0.25) is 0 Å². The summed E-state index contributed by atoms with van der Waals surface area (Å²) < 4.78 is 0. The lowest BCUT2D eigenvalue weighted by Crippen LogP contribution is -2.18. The monoisotopic (exact) mass is 114 g/mol. The third-order valence-corrected chi connectivity index (χ3v) is 1.04. The van der Waals surface area contributed by atoms with Crippen LogP contribution in [0.5, 0.6) is 0 Å². The van der Waals surface area contributed by atoms with Crippen molar-refractivity contribution < 1.29 is 0 Å². The fourth-order valence-electron chi connectivity index (χ4n) is 0.293. The van der Waals surface area contributed by atoms with Crippen LogP contribution in [0.25, 0.3) is 0 Å². The molecule has 0 amide bonds. The van der Waals surface area contributed by atoms with E-state index in [9.17, 15) is 0 Å². The Morgan fingerprint density at radius 3 is 2.75 bits per heavy atom. The van der Waals surface area contributed by atoms with Gasteiger partial charge in [-0.3, -0.25) is 0 Å². The van der Waals surface area contributed by atoms with Gasteiger partial charge in [0, 0.05) is 12.3 Å². The summed E-state index contributed by atoms with van der Waals surface area (Å²) in [5, 5.41) is 3.87. The molecule has 0 fully saturated rings. The Morgan fingerprint density at radius 2 is 2.38 bits per heavy atom. The van der Waals surface area contributed by atoms with E-state index in [1.807, 2.05) is 6.92 Å². The van der Waals surface area contributed by atoms with Crippen LogP contribution in [0.1, 0.15) is 27.2 Å². The molecule has 0 bridgehead atoms. The van der Waals surface area contributed by atoms with Gasteiger partial charge in [-0.25, -0.2) is 0 Å². The van der Waals surface area contributed by atoms with E-state index in [1.165, 1.54) is 0 Å². The van der Waals surface area contributed by atoms with E-state index in [1.54, 1.807) is 6.21 Å². The van der Waals surface area contributed by atoms with Gasteiger partial charge < -0.3 is 5.43 Å².